The van der Waals surface area contributed by atoms with E-state index in [1.165, 1.54) is 0 Å². The molecule has 0 atom stereocenters. The Kier molecular flexibility index (Phi) is 7.88. The van der Waals surface area contributed by atoms with Gasteiger partial charge >= 0.3 is 0 Å². The maximum absolute atomic E-state index is 13.4. The van der Waals surface area contributed by atoms with E-state index in [-0.39, 0.29) is 18.0 Å². The minimum Gasteiger partial charge on any atom is -0.369 e. The second-order valence-corrected chi connectivity index (χ2v) is 9.69. The van der Waals surface area contributed by atoms with E-state index in [4.69, 9.17) is 5.73 Å². The topological polar surface area (TPSA) is 91.2 Å². The number of aryl methyl sites for hydroxylation is 2. The number of hydrogen-bond donors (Lipinski definition) is 3. The van der Waals surface area contributed by atoms with Crippen LogP contribution in [-0.2, 0) is 19.4 Å². The van der Waals surface area contributed by atoms with E-state index in [9.17, 15) is 9.59 Å². The standard InChI is InChI=1S/C28H38N4O2/c1-3-32(22-15-13-21(29)14-16-22)26-12-8-11-24-23(26)10-7-5-4-6-9-20-17-19(2)31-28(34)25(20)18-30-27(24)33/h5,7-8,11-12,17,21-22H,3-4,6,9-10,13-16,18,29H2,1-2H3,(H,30,33)(H,31,34)/b7-5+/t21-,22-. The van der Waals surface area contributed by atoms with Gasteiger partial charge in [-0.25, -0.2) is 0 Å². The number of amides is 1. The fourth-order valence-corrected chi connectivity index (χ4v) is 5.50. The Morgan fingerprint density at radius 2 is 1.88 bits per heavy atom. The Hall–Kier alpha value is -2.86. The van der Waals surface area contributed by atoms with Crippen LogP contribution in [0.3, 0.4) is 0 Å². The maximum Gasteiger partial charge on any atom is 0.253 e. The molecule has 6 nitrogen and oxygen atoms in total. The van der Waals surface area contributed by atoms with Gasteiger partial charge in [-0.15, -0.1) is 0 Å². The lowest BCUT2D eigenvalue weighted by Crippen LogP contribution is -2.41. The number of aromatic nitrogens is 1. The number of nitrogens with one attached hydrogen (secondary N) is 2. The molecule has 1 aromatic carbocycles. The van der Waals surface area contributed by atoms with Crippen LogP contribution < -0.4 is 21.5 Å². The number of allylic oxidation sites excluding steroid dienone is 2. The summed E-state index contributed by atoms with van der Waals surface area (Å²) < 4.78 is 0. The fraction of sp³-hybridized carbons (Fsp3) is 0.500. The van der Waals surface area contributed by atoms with E-state index >= 15 is 0 Å². The van der Waals surface area contributed by atoms with Crippen molar-refractivity contribution in [1.29, 1.82) is 0 Å². The summed E-state index contributed by atoms with van der Waals surface area (Å²) in [5.41, 5.74) is 11.5. The lowest BCUT2D eigenvalue weighted by atomic mass is 9.89. The summed E-state index contributed by atoms with van der Waals surface area (Å²) in [5.74, 6) is -0.128. The molecule has 1 aromatic heterocycles. The van der Waals surface area contributed by atoms with Crippen LogP contribution in [0, 0.1) is 6.92 Å². The lowest BCUT2D eigenvalue weighted by Gasteiger charge is -2.38. The molecule has 4 rings (SSSR count). The smallest absolute Gasteiger partial charge is 0.253 e. The van der Waals surface area contributed by atoms with Crippen LogP contribution in [-0.4, -0.2) is 29.5 Å². The van der Waals surface area contributed by atoms with Gasteiger partial charge < -0.3 is 20.9 Å². The van der Waals surface area contributed by atoms with Crippen molar-refractivity contribution in [3.63, 3.8) is 0 Å². The molecule has 4 N–H and O–H groups in total. The molecule has 1 aliphatic heterocycles. The number of nitrogens with zero attached hydrogens (tertiary/aromatic N) is 1. The molecule has 0 unspecified atom stereocenters. The van der Waals surface area contributed by atoms with Gasteiger partial charge in [-0.1, -0.05) is 18.2 Å². The Bertz CT molecular complexity index is 1100. The van der Waals surface area contributed by atoms with E-state index < -0.39 is 0 Å². The fourth-order valence-electron chi connectivity index (χ4n) is 5.50. The predicted molar refractivity (Wildman–Crippen MR) is 138 cm³/mol. The van der Waals surface area contributed by atoms with Crippen LogP contribution >= 0.6 is 0 Å². The van der Waals surface area contributed by atoms with Crippen LogP contribution in [0.2, 0.25) is 0 Å². The van der Waals surface area contributed by atoms with E-state index in [1.807, 2.05) is 25.1 Å². The van der Waals surface area contributed by atoms with Crippen LogP contribution in [0.15, 0.2) is 41.2 Å². The molecule has 1 fully saturated rings. The molecule has 0 spiro atoms. The molecule has 6 heteroatoms. The van der Waals surface area contributed by atoms with E-state index in [0.717, 1.165) is 74.0 Å². The third-order valence-electron chi connectivity index (χ3n) is 7.32. The van der Waals surface area contributed by atoms with Gasteiger partial charge in [0.05, 0.1) is 0 Å². The number of H-pyrrole nitrogens is 1. The van der Waals surface area contributed by atoms with Gasteiger partial charge in [-0.3, -0.25) is 9.59 Å². The second-order valence-electron chi connectivity index (χ2n) is 9.69. The number of nitrogens with two attached hydrogens (primary N) is 1. The number of hydrogen-bond acceptors (Lipinski definition) is 4. The first-order chi connectivity index (χ1) is 16.5. The molecule has 1 amide bonds. The Labute approximate surface area is 202 Å². The maximum atomic E-state index is 13.4. The minimum absolute atomic E-state index is 0.109. The summed E-state index contributed by atoms with van der Waals surface area (Å²) in [5, 5.41) is 3.05. The molecule has 0 bridgehead atoms. The summed E-state index contributed by atoms with van der Waals surface area (Å²) in [4.78, 5) is 31.4. The van der Waals surface area contributed by atoms with E-state index in [2.05, 4.69) is 40.3 Å². The van der Waals surface area contributed by atoms with Gasteiger partial charge in [-0.2, -0.15) is 0 Å². The highest BCUT2D eigenvalue weighted by Crippen LogP contribution is 2.32. The second kappa shape index (κ2) is 11.0. The summed E-state index contributed by atoms with van der Waals surface area (Å²) in [6.07, 6.45) is 12.1. The number of aromatic amines is 1. The highest BCUT2D eigenvalue weighted by atomic mass is 16.1. The van der Waals surface area contributed by atoms with Crippen LogP contribution in [0.5, 0.6) is 0 Å². The Morgan fingerprint density at radius 3 is 2.65 bits per heavy atom. The molecule has 0 saturated heterocycles. The van der Waals surface area contributed by atoms with Crippen molar-refractivity contribution in [3.05, 3.63) is 74.7 Å². The molecular formula is C28H38N4O2. The van der Waals surface area contributed by atoms with Crippen molar-refractivity contribution in [2.24, 2.45) is 5.73 Å². The normalized spacial score (nSPS) is 22.3. The summed E-state index contributed by atoms with van der Waals surface area (Å²) >= 11 is 0. The molecule has 1 saturated carbocycles. The van der Waals surface area contributed by atoms with Gasteiger partial charge in [0.15, 0.2) is 0 Å². The van der Waals surface area contributed by atoms with Crippen molar-refractivity contribution in [3.8, 4) is 0 Å². The van der Waals surface area contributed by atoms with Crippen molar-refractivity contribution in [1.82, 2.24) is 10.3 Å². The average molecular weight is 463 g/mol. The minimum atomic E-state index is -0.128. The molecular weight excluding hydrogens is 424 g/mol. The molecule has 2 aromatic rings. The van der Waals surface area contributed by atoms with Gasteiger partial charge in [0.2, 0.25) is 0 Å². The zero-order valence-electron chi connectivity index (χ0n) is 20.5. The average Bonchev–Trinajstić information content (AvgIpc) is 2.83. The molecule has 2 heterocycles. The summed E-state index contributed by atoms with van der Waals surface area (Å²) in [6, 6.07) is 8.83. The van der Waals surface area contributed by atoms with Crippen molar-refractivity contribution < 1.29 is 4.79 Å². The van der Waals surface area contributed by atoms with Crippen molar-refractivity contribution in [2.45, 2.75) is 83.8 Å². The van der Waals surface area contributed by atoms with Gasteiger partial charge in [0, 0.05) is 47.7 Å². The number of fused-ring (bicyclic) bond motifs is 2. The van der Waals surface area contributed by atoms with E-state index in [1.54, 1.807) is 0 Å². The monoisotopic (exact) mass is 462 g/mol. The van der Waals surface area contributed by atoms with Crippen LogP contribution in [0.4, 0.5) is 5.69 Å². The van der Waals surface area contributed by atoms with Crippen molar-refractivity contribution in [2.75, 3.05) is 11.4 Å². The van der Waals surface area contributed by atoms with E-state index in [0.29, 0.717) is 29.6 Å². The summed E-state index contributed by atoms with van der Waals surface area (Å²) in [6.45, 7) is 5.22. The molecule has 0 radical (unpaired) electrons. The first-order valence-electron chi connectivity index (χ1n) is 12.8. The van der Waals surface area contributed by atoms with Crippen LogP contribution in [0.1, 0.15) is 78.2 Å². The zero-order valence-corrected chi connectivity index (χ0v) is 20.5. The Morgan fingerprint density at radius 1 is 1.09 bits per heavy atom. The number of benzene rings is 1. The third-order valence-corrected chi connectivity index (χ3v) is 7.32. The lowest BCUT2D eigenvalue weighted by molar-refractivity contribution is 0.0950. The molecule has 34 heavy (non-hydrogen) atoms. The highest BCUT2D eigenvalue weighted by Gasteiger charge is 2.26. The summed E-state index contributed by atoms with van der Waals surface area (Å²) in [7, 11) is 0. The number of rotatable bonds is 3. The number of carbonyl (C=O) groups is 1. The first kappa shape index (κ1) is 24.3. The molecule has 1 aliphatic carbocycles. The number of pyridine rings is 1. The van der Waals surface area contributed by atoms with Crippen LogP contribution in [0.25, 0.3) is 0 Å². The SMILES string of the molecule is CCN(c1cccc2c1C/C=C/CCCc1cc(C)[nH]c(=O)c1CNC2=O)[C@H]1CC[C@H](N)CC1. The quantitative estimate of drug-likeness (QED) is 0.598. The van der Waals surface area contributed by atoms with Gasteiger partial charge in [-0.05, 0) is 94.5 Å². The van der Waals surface area contributed by atoms with Gasteiger partial charge in [0.1, 0.15) is 0 Å². The third kappa shape index (κ3) is 5.44. The zero-order chi connectivity index (χ0) is 24.1. The largest absolute Gasteiger partial charge is 0.369 e. The van der Waals surface area contributed by atoms with Gasteiger partial charge in [0.25, 0.3) is 11.5 Å². The number of anilines is 1. The molecule has 2 aliphatic rings. The van der Waals surface area contributed by atoms with Crippen molar-refractivity contribution >= 4 is 11.6 Å². The molecule has 182 valence electrons. The highest BCUT2D eigenvalue weighted by molar-refractivity contribution is 5.97. The Balaban J connectivity index is 1.69. The number of carbonyl (C=O) groups excluding carboxylic acids is 1. The predicted octanol–water partition coefficient (Wildman–Crippen LogP) is 4.14. The first-order valence-corrected chi connectivity index (χ1v) is 12.8.